The molecule has 4 heteroatoms. The van der Waals surface area contributed by atoms with Gasteiger partial charge in [-0.1, -0.05) is 19.1 Å². The summed E-state index contributed by atoms with van der Waals surface area (Å²) in [7, 11) is 0. The third-order valence-corrected chi connectivity index (χ3v) is 3.86. The lowest BCUT2D eigenvalue weighted by molar-refractivity contribution is -0.124. The Labute approximate surface area is 120 Å². The maximum atomic E-state index is 11.8. The number of benzene rings is 1. The predicted molar refractivity (Wildman–Crippen MR) is 77.4 cm³/mol. The van der Waals surface area contributed by atoms with Gasteiger partial charge >= 0.3 is 0 Å². The van der Waals surface area contributed by atoms with E-state index in [-0.39, 0.29) is 19.1 Å². The van der Waals surface area contributed by atoms with Gasteiger partial charge < -0.3 is 15.2 Å². The quantitative estimate of drug-likeness (QED) is 0.868. The molecule has 1 fully saturated rings. The Kier molecular flexibility index (Phi) is 5.41. The number of hydrogen-bond acceptors (Lipinski definition) is 3. The van der Waals surface area contributed by atoms with E-state index in [1.807, 2.05) is 0 Å². The van der Waals surface area contributed by atoms with Gasteiger partial charge in [0.05, 0.1) is 6.61 Å². The van der Waals surface area contributed by atoms with Crippen LogP contribution in [-0.4, -0.2) is 23.7 Å². The number of rotatable bonds is 5. The van der Waals surface area contributed by atoms with Gasteiger partial charge in [-0.25, -0.2) is 0 Å². The molecule has 20 heavy (non-hydrogen) atoms. The van der Waals surface area contributed by atoms with Crippen LogP contribution in [0.3, 0.4) is 0 Å². The van der Waals surface area contributed by atoms with Crippen LogP contribution in [0.25, 0.3) is 0 Å². The highest BCUT2D eigenvalue weighted by Crippen LogP contribution is 2.23. The minimum atomic E-state index is -0.0595. The molecule has 0 heterocycles. The van der Waals surface area contributed by atoms with E-state index in [0.29, 0.717) is 11.8 Å². The Balaban J connectivity index is 1.71. The highest BCUT2D eigenvalue weighted by Gasteiger charge is 2.19. The molecule has 1 aromatic rings. The lowest BCUT2D eigenvalue weighted by atomic mass is 9.87. The van der Waals surface area contributed by atoms with Gasteiger partial charge in [0, 0.05) is 6.04 Å². The van der Waals surface area contributed by atoms with E-state index in [2.05, 4.69) is 12.2 Å². The number of hydrogen-bond donors (Lipinski definition) is 2. The molecule has 2 N–H and O–H groups in total. The van der Waals surface area contributed by atoms with Gasteiger partial charge in [-0.15, -0.1) is 0 Å². The summed E-state index contributed by atoms with van der Waals surface area (Å²) in [6, 6.07) is 7.41. The van der Waals surface area contributed by atoms with Gasteiger partial charge in [0.25, 0.3) is 5.91 Å². The SMILES string of the molecule is CC1CCC(NC(=O)COc2ccc(CO)cc2)CC1. The fourth-order valence-corrected chi connectivity index (χ4v) is 2.51. The molecule has 1 saturated carbocycles. The minimum absolute atomic E-state index is 0.0148. The molecule has 1 aromatic carbocycles. The van der Waals surface area contributed by atoms with Crippen molar-refractivity contribution in [2.24, 2.45) is 5.92 Å². The fourth-order valence-electron chi connectivity index (χ4n) is 2.51. The highest BCUT2D eigenvalue weighted by atomic mass is 16.5. The van der Waals surface area contributed by atoms with Crippen molar-refractivity contribution in [2.75, 3.05) is 6.61 Å². The van der Waals surface area contributed by atoms with Gasteiger partial charge in [-0.05, 0) is 49.3 Å². The first-order valence-corrected chi connectivity index (χ1v) is 7.29. The van der Waals surface area contributed by atoms with E-state index < -0.39 is 0 Å². The van der Waals surface area contributed by atoms with Crippen LogP contribution in [0.4, 0.5) is 0 Å². The number of carbonyl (C=O) groups is 1. The molecule has 4 nitrogen and oxygen atoms in total. The average molecular weight is 277 g/mol. The summed E-state index contributed by atoms with van der Waals surface area (Å²) in [4.78, 5) is 11.8. The van der Waals surface area contributed by atoms with Crippen molar-refractivity contribution in [3.63, 3.8) is 0 Å². The Bertz CT molecular complexity index is 422. The third-order valence-electron chi connectivity index (χ3n) is 3.86. The normalized spacial score (nSPS) is 22.3. The van der Waals surface area contributed by atoms with Crippen LogP contribution in [0.1, 0.15) is 38.2 Å². The summed E-state index contributed by atoms with van der Waals surface area (Å²) in [5, 5.41) is 12.0. The van der Waals surface area contributed by atoms with Crippen molar-refractivity contribution in [3.05, 3.63) is 29.8 Å². The molecule has 0 spiro atoms. The van der Waals surface area contributed by atoms with E-state index in [1.165, 1.54) is 12.8 Å². The van der Waals surface area contributed by atoms with E-state index in [0.717, 1.165) is 24.3 Å². The zero-order chi connectivity index (χ0) is 14.4. The molecule has 0 saturated heterocycles. The van der Waals surface area contributed by atoms with Crippen molar-refractivity contribution in [1.29, 1.82) is 0 Å². The van der Waals surface area contributed by atoms with Crippen molar-refractivity contribution in [1.82, 2.24) is 5.32 Å². The second-order valence-corrected chi connectivity index (χ2v) is 5.62. The molecule has 0 atom stereocenters. The minimum Gasteiger partial charge on any atom is -0.484 e. The summed E-state index contributed by atoms with van der Waals surface area (Å²) >= 11 is 0. The number of carbonyl (C=O) groups excluding carboxylic acids is 1. The van der Waals surface area contributed by atoms with Crippen molar-refractivity contribution in [3.8, 4) is 5.75 Å². The highest BCUT2D eigenvalue weighted by molar-refractivity contribution is 5.77. The first-order valence-electron chi connectivity index (χ1n) is 7.29. The second-order valence-electron chi connectivity index (χ2n) is 5.62. The molecule has 1 aliphatic carbocycles. The van der Waals surface area contributed by atoms with E-state index in [9.17, 15) is 4.79 Å². The molecule has 0 radical (unpaired) electrons. The molecule has 0 unspecified atom stereocenters. The van der Waals surface area contributed by atoms with Crippen LogP contribution in [0.2, 0.25) is 0 Å². The van der Waals surface area contributed by atoms with Crippen LogP contribution in [0.15, 0.2) is 24.3 Å². The summed E-state index contributed by atoms with van der Waals surface area (Å²) in [5.41, 5.74) is 0.832. The molecule has 1 aliphatic rings. The van der Waals surface area contributed by atoms with Crippen molar-refractivity contribution in [2.45, 2.75) is 45.3 Å². The second kappa shape index (κ2) is 7.29. The Hall–Kier alpha value is -1.55. The fraction of sp³-hybridized carbons (Fsp3) is 0.562. The maximum absolute atomic E-state index is 11.8. The molecule has 0 aliphatic heterocycles. The zero-order valence-electron chi connectivity index (χ0n) is 12.0. The monoisotopic (exact) mass is 277 g/mol. The Morgan fingerprint density at radius 3 is 2.50 bits per heavy atom. The summed E-state index contributed by atoms with van der Waals surface area (Å²) in [6.07, 6.45) is 4.51. The number of aliphatic hydroxyl groups excluding tert-OH is 1. The number of aliphatic hydroxyl groups is 1. The van der Waals surface area contributed by atoms with Crippen molar-refractivity contribution < 1.29 is 14.6 Å². The standard InChI is InChI=1S/C16H23NO3/c1-12-2-6-14(7-3-12)17-16(19)11-20-15-8-4-13(10-18)5-9-15/h4-5,8-9,12,14,18H,2-3,6-7,10-11H2,1H3,(H,17,19). The largest absolute Gasteiger partial charge is 0.484 e. The Morgan fingerprint density at radius 1 is 1.25 bits per heavy atom. The molecule has 0 aromatic heterocycles. The number of amides is 1. The molecular formula is C16H23NO3. The molecule has 2 rings (SSSR count). The number of ether oxygens (including phenoxy) is 1. The zero-order valence-corrected chi connectivity index (χ0v) is 12.0. The van der Waals surface area contributed by atoms with Crippen LogP contribution in [0, 0.1) is 5.92 Å². The first-order chi connectivity index (χ1) is 9.67. The van der Waals surface area contributed by atoms with Gasteiger partial charge in [0.1, 0.15) is 5.75 Å². The average Bonchev–Trinajstić information content (AvgIpc) is 2.48. The summed E-state index contributed by atoms with van der Waals surface area (Å²) in [5.74, 6) is 1.37. The van der Waals surface area contributed by atoms with Crippen molar-refractivity contribution >= 4 is 5.91 Å². The van der Waals surface area contributed by atoms with Crippen LogP contribution < -0.4 is 10.1 Å². The van der Waals surface area contributed by atoms with Gasteiger partial charge in [0.2, 0.25) is 0 Å². The molecule has 110 valence electrons. The smallest absolute Gasteiger partial charge is 0.258 e. The number of nitrogens with one attached hydrogen (secondary N) is 1. The lowest BCUT2D eigenvalue weighted by Gasteiger charge is -2.26. The molecule has 0 bridgehead atoms. The predicted octanol–water partition coefficient (Wildman–Crippen LogP) is 2.25. The van der Waals surface area contributed by atoms with E-state index in [1.54, 1.807) is 24.3 Å². The van der Waals surface area contributed by atoms with E-state index in [4.69, 9.17) is 9.84 Å². The van der Waals surface area contributed by atoms with E-state index >= 15 is 0 Å². The topological polar surface area (TPSA) is 58.6 Å². The van der Waals surface area contributed by atoms with Crippen LogP contribution in [-0.2, 0) is 11.4 Å². The van der Waals surface area contributed by atoms with Crippen LogP contribution >= 0.6 is 0 Å². The first kappa shape index (κ1) is 14.9. The van der Waals surface area contributed by atoms with Crippen LogP contribution in [0.5, 0.6) is 5.75 Å². The third kappa shape index (κ3) is 4.53. The summed E-state index contributed by atoms with van der Waals surface area (Å²) in [6.45, 7) is 2.32. The molecular weight excluding hydrogens is 254 g/mol. The Morgan fingerprint density at radius 2 is 1.90 bits per heavy atom. The van der Waals surface area contributed by atoms with Gasteiger partial charge in [-0.3, -0.25) is 4.79 Å². The van der Waals surface area contributed by atoms with Gasteiger partial charge in [0.15, 0.2) is 6.61 Å². The van der Waals surface area contributed by atoms with Gasteiger partial charge in [-0.2, -0.15) is 0 Å². The summed E-state index contributed by atoms with van der Waals surface area (Å²) < 4.78 is 5.44. The lowest BCUT2D eigenvalue weighted by Crippen LogP contribution is -2.39. The molecule has 1 amide bonds. The maximum Gasteiger partial charge on any atom is 0.258 e.